The highest BCUT2D eigenvalue weighted by Crippen LogP contribution is 2.36. The summed E-state index contributed by atoms with van der Waals surface area (Å²) in [4.78, 5) is 9.45. The second-order valence-corrected chi connectivity index (χ2v) is 6.73. The van der Waals surface area contributed by atoms with E-state index in [4.69, 9.17) is 14.3 Å². The Bertz CT molecular complexity index is 1070. The molecule has 0 unspecified atom stereocenters. The largest absolute Gasteiger partial charge is 0.457 e. The maximum Gasteiger partial charge on any atom is 0.416 e. The molecular formula is C22H17F3N2O3. The number of oxime groups is 1. The number of rotatable bonds is 4. The lowest BCUT2D eigenvalue weighted by atomic mass is 10.0. The average Bonchev–Trinajstić information content (AvgIpc) is 3.18. The summed E-state index contributed by atoms with van der Waals surface area (Å²) in [5.74, 6) is 1.51. The van der Waals surface area contributed by atoms with Crippen LogP contribution in [0.3, 0.4) is 0 Å². The van der Waals surface area contributed by atoms with Crippen LogP contribution in [-0.2, 0) is 11.0 Å². The van der Waals surface area contributed by atoms with Crippen LogP contribution in [0.5, 0.6) is 17.2 Å². The number of pyridine rings is 1. The number of hydrogen-bond acceptors (Lipinski definition) is 5. The quantitative estimate of drug-likeness (QED) is 0.521. The Labute approximate surface area is 170 Å². The molecule has 154 valence electrons. The third kappa shape index (κ3) is 4.53. The van der Waals surface area contributed by atoms with Gasteiger partial charge < -0.3 is 14.3 Å². The van der Waals surface area contributed by atoms with Crippen molar-refractivity contribution in [2.45, 2.75) is 25.6 Å². The lowest BCUT2D eigenvalue weighted by molar-refractivity contribution is -0.137. The van der Waals surface area contributed by atoms with Crippen LogP contribution in [0.15, 0.2) is 72.1 Å². The minimum absolute atomic E-state index is 0.106. The first-order chi connectivity index (χ1) is 14.4. The molecule has 0 amide bonds. The fourth-order valence-electron chi connectivity index (χ4n) is 2.93. The van der Waals surface area contributed by atoms with E-state index in [1.807, 2.05) is 19.1 Å². The van der Waals surface area contributed by atoms with Gasteiger partial charge in [0.25, 0.3) is 0 Å². The van der Waals surface area contributed by atoms with Crippen LogP contribution in [-0.4, -0.2) is 10.9 Å². The molecule has 0 radical (unpaired) electrons. The first-order valence-corrected chi connectivity index (χ1v) is 9.15. The maximum atomic E-state index is 12.9. The average molecular weight is 414 g/mol. The van der Waals surface area contributed by atoms with Crippen molar-refractivity contribution in [3.8, 4) is 17.2 Å². The standard InChI is InChI=1S/C22H17F3N2O3/c1-14-7-8-15(20-12-21(27-30-20)29-18-6-3-9-26-13-18)10-19(14)28-17-5-2-4-16(11-17)22(23,24)25/h2-11,13,20H,12H2,1H3/t20-/m1/s1. The highest BCUT2D eigenvalue weighted by Gasteiger charge is 2.31. The molecule has 3 aromatic rings. The van der Waals surface area contributed by atoms with E-state index in [1.54, 1.807) is 30.6 Å². The van der Waals surface area contributed by atoms with Crippen LogP contribution in [0, 0.1) is 6.92 Å². The van der Waals surface area contributed by atoms with Crippen molar-refractivity contribution < 1.29 is 27.5 Å². The molecule has 4 rings (SSSR count). The summed E-state index contributed by atoms with van der Waals surface area (Å²) in [7, 11) is 0. The molecule has 0 saturated carbocycles. The molecule has 2 aromatic carbocycles. The third-order valence-electron chi connectivity index (χ3n) is 4.49. The Morgan fingerprint density at radius 1 is 1.00 bits per heavy atom. The minimum atomic E-state index is -4.43. The van der Waals surface area contributed by atoms with Gasteiger partial charge in [-0.2, -0.15) is 13.2 Å². The molecule has 1 aliphatic heterocycles. The minimum Gasteiger partial charge on any atom is -0.457 e. The van der Waals surface area contributed by atoms with Crippen molar-refractivity contribution >= 4 is 5.90 Å². The summed E-state index contributed by atoms with van der Waals surface area (Å²) in [6.07, 6.45) is -1.21. The zero-order chi connectivity index (χ0) is 21.1. The van der Waals surface area contributed by atoms with E-state index < -0.39 is 11.7 Å². The zero-order valence-electron chi connectivity index (χ0n) is 15.9. The van der Waals surface area contributed by atoms with Gasteiger partial charge in [0.15, 0.2) is 6.10 Å². The number of hydrogen-bond donors (Lipinski definition) is 0. The van der Waals surface area contributed by atoms with Gasteiger partial charge in [-0.1, -0.05) is 23.4 Å². The highest BCUT2D eigenvalue weighted by molar-refractivity contribution is 5.79. The van der Waals surface area contributed by atoms with E-state index in [0.29, 0.717) is 23.8 Å². The highest BCUT2D eigenvalue weighted by atomic mass is 19.4. The van der Waals surface area contributed by atoms with E-state index in [1.165, 1.54) is 12.1 Å². The van der Waals surface area contributed by atoms with E-state index in [-0.39, 0.29) is 11.9 Å². The van der Waals surface area contributed by atoms with Crippen molar-refractivity contribution in [3.63, 3.8) is 0 Å². The molecule has 0 spiro atoms. The zero-order valence-corrected chi connectivity index (χ0v) is 15.9. The molecule has 1 aromatic heterocycles. The van der Waals surface area contributed by atoms with Gasteiger partial charge in [-0.3, -0.25) is 4.98 Å². The van der Waals surface area contributed by atoms with Crippen molar-refractivity contribution in [1.29, 1.82) is 0 Å². The normalized spacial score (nSPS) is 16.0. The molecule has 2 heterocycles. The molecule has 0 saturated heterocycles. The molecular weight excluding hydrogens is 397 g/mol. The van der Waals surface area contributed by atoms with Gasteiger partial charge in [-0.25, -0.2) is 0 Å². The summed E-state index contributed by atoms with van der Waals surface area (Å²) in [5.41, 5.74) is 0.788. The van der Waals surface area contributed by atoms with Crippen LogP contribution >= 0.6 is 0 Å². The number of alkyl halides is 3. The second kappa shape index (κ2) is 8.06. The number of aryl methyl sites for hydroxylation is 1. The molecule has 1 atom stereocenters. The molecule has 0 N–H and O–H groups in total. The first kappa shape index (κ1) is 19.8. The van der Waals surface area contributed by atoms with E-state index in [9.17, 15) is 13.2 Å². The Hall–Kier alpha value is -3.55. The maximum absolute atomic E-state index is 12.9. The predicted octanol–water partition coefficient (Wildman–Crippen LogP) is 6.06. The molecule has 1 aliphatic rings. The van der Waals surface area contributed by atoms with Gasteiger partial charge >= 0.3 is 6.18 Å². The van der Waals surface area contributed by atoms with Crippen LogP contribution in [0.1, 0.15) is 29.2 Å². The Morgan fingerprint density at radius 3 is 2.60 bits per heavy atom. The van der Waals surface area contributed by atoms with E-state index in [0.717, 1.165) is 23.3 Å². The number of nitrogens with zero attached hydrogens (tertiary/aromatic N) is 2. The fourth-order valence-corrected chi connectivity index (χ4v) is 2.93. The summed E-state index contributed by atoms with van der Waals surface area (Å²) >= 11 is 0. The summed E-state index contributed by atoms with van der Waals surface area (Å²) in [5, 5.41) is 3.96. The second-order valence-electron chi connectivity index (χ2n) is 6.73. The van der Waals surface area contributed by atoms with Gasteiger partial charge in [-0.15, -0.1) is 0 Å². The predicted molar refractivity (Wildman–Crippen MR) is 103 cm³/mol. The van der Waals surface area contributed by atoms with E-state index >= 15 is 0 Å². The molecule has 0 fully saturated rings. The molecule has 0 bridgehead atoms. The Morgan fingerprint density at radius 2 is 1.83 bits per heavy atom. The van der Waals surface area contributed by atoms with Crippen LogP contribution < -0.4 is 9.47 Å². The molecule has 0 aliphatic carbocycles. The molecule has 30 heavy (non-hydrogen) atoms. The van der Waals surface area contributed by atoms with Gasteiger partial charge in [-0.05, 0) is 54.4 Å². The number of benzene rings is 2. The van der Waals surface area contributed by atoms with E-state index in [2.05, 4.69) is 10.1 Å². The smallest absolute Gasteiger partial charge is 0.416 e. The van der Waals surface area contributed by atoms with Crippen LogP contribution in [0.4, 0.5) is 13.2 Å². The third-order valence-corrected chi connectivity index (χ3v) is 4.49. The monoisotopic (exact) mass is 414 g/mol. The summed E-state index contributed by atoms with van der Waals surface area (Å²) in [6, 6.07) is 13.7. The Balaban J connectivity index is 1.48. The molecule has 5 nitrogen and oxygen atoms in total. The number of ether oxygens (including phenoxy) is 2. The SMILES string of the molecule is Cc1ccc([C@H]2CC(Oc3cccnc3)=NO2)cc1Oc1cccc(C(F)(F)F)c1. The molecule has 8 heteroatoms. The van der Waals surface area contributed by atoms with Gasteiger partial charge in [0.1, 0.15) is 17.2 Å². The van der Waals surface area contributed by atoms with Crippen LogP contribution in [0.2, 0.25) is 0 Å². The number of halogens is 3. The topological polar surface area (TPSA) is 52.9 Å². The van der Waals surface area contributed by atoms with Gasteiger partial charge in [0.05, 0.1) is 18.2 Å². The van der Waals surface area contributed by atoms with Crippen molar-refractivity contribution in [3.05, 3.63) is 83.7 Å². The lowest BCUT2D eigenvalue weighted by Crippen LogP contribution is -2.07. The number of aromatic nitrogens is 1. The van der Waals surface area contributed by atoms with Gasteiger partial charge in [0.2, 0.25) is 5.90 Å². The summed E-state index contributed by atoms with van der Waals surface area (Å²) < 4.78 is 50.2. The van der Waals surface area contributed by atoms with Crippen molar-refractivity contribution in [2.75, 3.05) is 0 Å². The first-order valence-electron chi connectivity index (χ1n) is 9.15. The lowest BCUT2D eigenvalue weighted by Gasteiger charge is -2.14. The van der Waals surface area contributed by atoms with Crippen molar-refractivity contribution in [2.24, 2.45) is 5.16 Å². The Kier molecular flexibility index (Phi) is 5.31. The van der Waals surface area contributed by atoms with Crippen LogP contribution in [0.25, 0.3) is 0 Å². The van der Waals surface area contributed by atoms with Gasteiger partial charge in [0, 0.05) is 6.20 Å². The van der Waals surface area contributed by atoms with Crippen molar-refractivity contribution in [1.82, 2.24) is 4.98 Å². The fraction of sp³-hybridized carbons (Fsp3) is 0.182. The summed E-state index contributed by atoms with van der Waals surface area (Å²) in [6.45, 7) is 1.82.